The number of aryl methyl sites for hydroxylation is 1. The van der Waals surface area contributed by atoms with Crippen molar-refractivity contribution in [3.8, 4) is 12.3 Å². The molecule has 1 atom stereocenters. The van der Waals surface area contributed by atoms with Gasteiger partial charge in [0, 0.05) is 12.5 Å². The van der Waals surface area contributed by atoms with E-state index in [2.05, 4.69) is 16.2 Å². The van der Waals surface area contributed by atoms with Gasteiger partial charge >= 0.3 is 0 Å². The lowest BCUT2D eigenvalue weighted by Crippen LogP contribution is -2.32. The molecule has 1 aromatic heterocycles. The summed E-state index contributed by atoms with van der Waals surface area (Å²) in [5, 5.41) is 2.79. The summed E-state index contributed by atoms with van der Waals surface area (Å²) in [6.45, 7) is 3.62. The molecule has 0 saturated heterocycles. The summed E-state index contributed by atoms with van der Waals surface area (Å²) < 4.78 is 0. The van der Waals surface area contributed by atoms with Crippen LogP contribution in [-0.2, 0) is 0 Å². The van der Waals surface area contributed by atoms with Crippen molar-refractivity contribution in [2.45, 2.75) is 26.3 Å². The number of aromatic nitrogens is 1. The Morgan fingerprint density at radius 1 is 1.75 bits per heavy atom. The summed E-state index contributed by atoms with van der Waals surface area (Å²) in [7, 11) is 0. The van der Waals surface area contributed by atoms with Gasteiger partial charge in [-0.15, -0.1) is 12.3 Å². The first-order valence-electron chi connectivity index (χ1n) is 5.01. The molecule has 0 aliphatic heterocycles. The second-order valence-corrected chi connectivity index (χ2v) is 3.68. The number of anilines is 1. The minimum absolute atomic E-state index is 0.0571. The summed E-state index contributed by atoms with van der Waals surface area (Å²) >= 11 is 0. The maximum Gasteiger partial charge on any atom is 0.253 e. The largest absolute Gasteiger partial charge is 0.397 e. The Bertz CT molecular complexity index is 434. The highest BCUT2D eigenvalue weighted by Gasteiger charge is 2.12. The van der Waals surface area contributed by atoms with Gasteiger partial charge in [0.05, 0.1) is 23.1 Å². The Morgan fingerprint density at radius 3 is 3.06 bits per heavy atom. The zero-order valence-electron chi connectivity index (χ0n) is 9.45. The van der Waals surface area contributed by atoms with E-state index in [0.717, 1.165) is 0 Å². The van der Waals surface area contributed by atoms with Crippen molar-refractivity contribution in [1.82, 2.24) is 10.3 Å². The number of terminal acetylenes is 1. The second kappa shape index (κ2) is 5.17. The SMILES string of the molecule is C#CCC(C)NC(=O)c1cc(N)cnc1C. The third kappa shape index (κ3) is 2.99. The molecule has 0 aliphatic carbocycles. The fourth-order valence-corrected chi connectivity index (χ4v) is 1.31. The molecule has 1 aromatic rings. The molecule has 1 amide bonds. The van der Waals surface area contributed by atoms with Crippen LogP contribution in [0.5, 0.6) is 0 Å². The Balaban J connectivity index is 2.81. The van der Waals surface area contributed by atoms with Crippen molar-refractivity contribution < 1.29 is 4.79 Å². The summed E-state index contributed by atoms with van der Waals surface area (Å²) in [4.78, 5) is 15.9. The van der Waals surface area contributed by atoms with Crippen LogP contribution in [0.1, 0.15) is 29.4 Å². The number of nitrogens with two attached hydrogens (primary N) is 1. The van der Waals surface area contributed by atoms with Crippen molar-refractivity contribution in [1.29, 1.82) is 0 Å². The lowest BCUT2D eigenvalue weighted by atomic mass is 10.1. The highest BCUT2D eigenvalue weighted by atomic mass is 16.1. The number of pyridine rings is 1. The molecule has 0 fully saturated rings. The summed E-state index contributed by atoms with van der Waals surface area (Å²) in [5.74, 6) is 2.30. The van der Waals surface area contributed by atoms with Gasteiger partial charge in [-0.3, -0.25) is 9.78 Å². The third-order valence-electron chi connectivity index (χ3n) is 2.15. The zero-order valence-corrected chi connectivity index (χ0v) is 9.45. The van der Waals surface area contributed by atoms with Gasteiger partial charge < -0.3 is 11.1 Å². The van der Waals surface area contributed by atoms with E-state index in [1.807, 2.05) is 6.92 Å². The molecule has 0 aromatic carbocycles. The lowest BCUT2D eigenvalue weighted by molar-refractivity contribution is 0.0940. The molecular formula is C12H15N3O. The van der Waals surface area contributed by atoms with Gasteiger partial charge in [-0.25, -0.2) is 0 Å². The number of amides is 1. The van der Waals surface area contributed by atoms with Crippen LogP contribution < -0.4 is 11.1 Å². The fourth-order valence-electron chi connectivity index (χ4n) is 1.31. The molecule has 0 radical (unpaired) electrons. The molecule has 0 bridgehead atoms. The number of nitrogens with one attached hydrogen (secondary N) is 1. The molecule has 1 rings (SSSR count). The van der Waals surface area contributed by atoms with E-state index in [1.165, 1.54) is 6.20 Å². The molecule has 1 unspecified atom stereocenters. The molecule has 16 heavy (non-hydrogen) atoms. The fraction of sp³-hybridized carbons (Fsp3) is 0.333. The number of nitrogens with zero attached hydrogens (tertiary/aromatic N) is 1. The quantitative estimate of drug-likeness (QED) is 0.745. The van der Waals surface area contributed by atoms with Crippen LogP contribution in [0.15, 0.2) is 12.3 Å². The standard InChI is InChI=1S/C12H15N3O/c1-4-5-8(2)15-12(16)11-6-10(13)7-14-9(11)3/h1,6-8H,5,13H2,2-3H3,(H,15,16). The number of hydrogen-bond donors (Lipinski definition) is 2. The topological polar surface area (TPSA) is 68.0 Å². The summed E-state index contributed by atoms with van der Waals surface area (Å²) in [6.07, 6.45) is 7.19. The van der Waals surface area contributed by atoms with Crippen molar-refractivity contribution in [3.05, 3.63) is 23.5 Å². The Labute approximate surface area is 95.3 Å². The first kappa shape index (κ1) is 12.1. The Hall–Kier alpha value is -2.02. The maximum absolute atomic E-state index is 11.8. The van der Waals surface area contributed by atoms with Gasteiger partial charge in [0.1, 0.15) is 0 Å². The molecule has 84 valence electrons. The summed E-state index contributed by atoms with van der Waals surface area (Å²) in [5.41, 5.74) is 7.19. The first-order chi connectivity index (χ1) is 7.54. The van der Waals surface area contributed by atoms with E-state index in [9.17, 15) is 4.79 Å². The highest BCUT2D eigenvalue weighted by Crippen LogP contribution is 2.09. The molecule has 1 heterocycles. The number of nitrogen functional groups attached to an aromatic ring is 1. The van der Waals surface area contributed by atoms with Crippen LogP contribution in [-0.4, -0.2) is 16.9 Å². The van der Waals surface area contributed by atoms with Crippen molar-refractivity contribution >= 4 is 11.6 Å². The monoisotopic (exact) mass is 217 g/mol. The molecule has 0 aliphatic rings. The minimum Gasteiger partial charge on any atom is -0.397 e. The van der Waals surface area contributed by atoms with Crippen LogP contribution in [0.2, 0.25) is 0 Å². The van der Waals surface area contributed by atoms with E-state index in [4.69, 9.17) is 12.2 Å². The molecule has 4 nitrogen and oxygen atoms in total. The van der Waals surface area contributed by atoms with Gasteiger partial charge in [-0.05, 0) is 19.9 Å². The smallest absolute Gasteiger partial charge is 0.253 e. The van der Waals surface area contributed by atoms with Crippen LogP contribution in [0.25, 0.3) is 0 Å². The van der Waals surface area contributed by atoms with Crippen LogP contribution >= 0.6 is 0 Å². The molecule has 4 heteroatoms. The Morgan fingerprint density at radius 2 is 2.44 bits per heavy atom. The lowest BCUT2D eigenvalue weighted by Gasteiger charge is -2.12. The highest BCUT2D eigenvalue weighted by molar-refractivity contribution is 5.96. The number of carbonyl (C=O) groups excluding carboxylic acids is 1. The predicted molar refractivity (Wildman–Crippen MR) is 63.8 cm³/mol. The van der Waals surface area contributed by atoms with Gasteiger partial charge in [0.25, 0.3) is 5.91 Å². The van der Waals surface area contributed by atoms with Gasteiger partial charge in [0.2, 0.25) is 0 Å². The third-order valence-corrected chi connectivity index (χ3v) is 2.15. The van der Waals surface area contributed by atoms with Gasteiger partial charge in [0.15, 0.2) is 0 Å². The first-order valence-corrected chi connectivity index (χ1v) is 5.01. The molecule has 0 saturated carbocycles. The number of carbonyl (C=O) groups is 1. The van der Waals surface area contributed by atoms with Crippen molar-refractivity contribution in [3.63, 3.8) is 0 Å². The zero-order chi connectivity index (χ0) is 12.1. The number of rotatable bonds is 3. The second-order valence-electron chi connectivity index (χ2n) is 3.68. The molecular weight excluding hydrogens is 202 g/mol. The van der Waals surface area contributed by atoms with E-state index in [-0.39, 0.29) is 11.9 Å². The van der Waals surface area contributed by atoms with E-state index in [1.54, 1.807) is 13.0 Å². The maximum atomic E-state index is 11.8. The Kier molecular flexibility index (Phi) is 3.90. The van der Waals surface area contributed by atoms with Gasteiger partial charge in [-0.2, -0.15) is 0 Å². The van der Waals surface area contributed by atoms with E-state index < -0.39 is 0 Å². The van der Waals surface area contributed by atoms with Crippen LogP contribution in [0, 0.1) is 19.3 Å². The van der Waals surface area contributed by atoms with Crippen LogP contribution in [0.3, 0.4) is 0 Å². The summed E-state index contributed by atoms with van der Waals surface area (Å²) in [6, 6.07) is 1.55. The van der Waals surface area contributed by atoms with Crippen molar-refractivity contribution in [2.24, 2.45) is 0 Å². The average Bonchev–Trinajstić information content (AvgIpc) is 2.21. The van der Waals surface area contributed by atoms with Crippen molar-refractivity contribution in [2.75, 3.05) is 5.73 Å². The normalized spacial score (nSPS) is 11.6. The number of hydrogen-bond acceptors (Lipinski definition) is 3. The van der Waals surface area contributed by atoms with Crippen LogP contribution in [0.4, 0.5) is 5.69 Å². The van der Waals surface area contributed by atoms with Gasteiger partial charge in [-0.1, -0.05) is 0 Å². The van der Waals surface area contributed by atoms with E-state index >= 15 is 0 Å². The molecule has 0 spiro atoms. The van der Waals surface area contributed by atoms with E-state index in [0.29, 0.717) is 23.4 Å². The minimum atomic E-state index is -0.194. The predicted octanol–water partition coefficient (Wildman–Crippen LogP) is 1.11. The molecule has 3 N–H and O–H groups in total. The average molecular weight is 217 g/mol.